The molecule has 10 heteroatoms. The lowest BCUT2D eigenvalue weighted by Crippen LogP contribution is -2.36. The third kappa shape index (κ3) is 5.01. The lowest BCUT2D eigenvalue weighted by molar-refractivity contribution is -0.121. The number of aryl methyl sites for hydroxylation is 2. The molecule has 0 bridgehead atoms. The van der Waals surface area contributed by atoms with Crippen molar-refractivity contribution in [1.82, 2.24) is 35.1 Å². The van der Waals surface area contributed by atoms with E-state index in [0.29, 0.717) is 43.5 Å². The van der Waals surface area contributed by atoms with Gasteiger partial charge in [-0.1, -0.05) is 5.16 Å². The molecule has 0 radical (unpaired) electrons. The van der Waals surface area contributed by atoms with Crippen LogP contribution in [0.5, 0.6) is 0 Å². The summed E-state index contributed by atoms with van der Waals surface area (Å²) in [6.45, 7) is 3.27. The molecule has 0 spiro atoms. The molecule has 3 aromatic heterocycles. The minimum atomic E-state index is -0.117. The van der Waals surface area contributed by atoms with Crippen LogP contribution < -0.4 is 5.32 Å². The highest BCUT2D eigenvalue weighted by molar-refractivity contribution is 5.93. The Kier molecular flexibility index (Phi) is 6.58. The standard InChI is InChI=1S/C22H27N7O3/c1-15-13-18(28(2)26-15)22(31)29-11-4-6-16(7-10-24-19(30)8-12-29)21-25-20(27-32-21)17-5-3-9-23-14-17/h3,5,9,13-14,16H,4,6-8,10-12H2,1-2H3,(H,24,30). The zero-order chi connectivity index (χ0) is 22.5. The van der Waals surface area contributed by atoms with Crippen molar-refractivity contribution in [3.63, 3.8) is 0 Å². The molecule has 1 fully saturated rings. The molecule has 4 rings (SSSR count). The fourth-order valence-corrected chi connectivity index (χ4v) is 3.93. The fourth-order valence-electron chi connectivity index (χ4n) is 3.93. The minimum Gasteiger partial charge on any atom is -0.356 e. The third-order valence-electron chi connectivity index (χ3n) is 5.62. The lowest BCUT2D eigenvalue weighted by Gasteiger charge is -2.22. The van der Waals surface area contributed by atoms with Crippen LogP contribution in [0.25, 0.3) is 11.4 Å². The Labute approximate surface area is 186 Å². The van der Waals surface area contributed by atoms with Crippen LogP contribution >= 0.6 is 0 Å². The van der Waals surface area contributed by atoms with Crippen molar-refractivity contribution < 1.29 is 14.1 Å². The molecular formula is C22H27N7O3. The molecular weight excluding hydrogens is 410 g/mol. The fraction of sp³-hybridized carbons (Fsp3) is 0.455. The van der Waals surface area contributed by atoms with Gasteiger partial charge in [-0.2, -0.15) is 10.1 Å². The highest BCUT2D eigenvalue weighted by Gasteiger charge is 2.24. The van der Waals surface area contributed by atoms with E-state index in [1.54, 1.807) is 35.1 Å². The molecule has 1 N–H and O–H groups in total. The number of nitrogens with one attached hydrogen (secondary N) is 1. The first kappa shape index (κ1) is 21.7. The van der Waals surface area contributed by atoms with Crippen LogP contribution in [-0.4, -0.2) is 61.3 Å². The average Bonchev–Trinajstić information content (AvgIpc) is 3.40. The summed E-state index contributed by atoms with van der Waals surface area (Å²) in [4.78, 5) is 35.8. The van der Waals surface area contributed by atoms with Crippen molar-refractivity contribution in [2.45, 2.75) is 38.5 Å². The van der Waals surface area contributed by atoms with Crippen molar-refractivity contribution in [2.24, 2.45) is 7.05 Å². The summed E-state index contributed by atoms with van der Waals surface area (Å²) in [6.07, 6.45) is 5.85. The van der Waals surface area contributed by atoms with E-state index in [2.05, 4.69) is 25.5 Å². The van der Waals surface area contributed by atoms with Crippen LogP contribution in [0.3, 0.4) is 0 Å². The number of nitrogens with zero attached hydrogens (tertiary/aromatic N) is 6. The first-order valence-electron chi connectivity index (χ1n) is 10.8. The summed E-state index contributed by atoms with van der Waals surface area (Å²) in [7, 11) is 1.75. The van der Waals surface area contributed by atoms with Crippen molar-refractivity contribution in [3.05, 3.63) is 47.9 Å². The van der Waals surface area contributed by atoms with E-state index < -0.39 is 0 Å². The molecule has 0 aromatic carbocycles. The van der Waals surface area contributed by atoms with Crippen molar-refractivity contribution >= 4 is 11.8 Å². The topological polar surface area (TPSA) is 119 Å². The molecule has 1 saturated heterocycles. The smallest absolute Gasteiger partial charge is 0.272 e. The number of amides is 2. The number of hydrogen-bond acceptors (Lipinski definition) is 7. The summed E-state index contributed by atoms with van der Waals surface area (Å²) in [5.41, 5.74) is 2.09. The zero-order valence-electron chi connectivity index (χ0n) is 18.3. The summed E-state index contributed by atoms with van der Waals surface area (Å²) in [5.74, 6) is 0.828. The Morgan fingerprint density at radius 2 is 2.16 bits per heavy atom. The first-order valence-corrected chi connectivity index (χ1v) is 10.8. The molecule has 4 heterocycles. The maximum Gasteiger partial charge on any atom is 0.272 e. The molecule has 10 nitrogen and oxygen atoms in total. The first-order chi connectivity index (χ1) is 15.5. The van der Waals surface area contributed by atoms with Gasteiger partial charge in [0.05, 0.1) is 5.69 Å². The normalized spacial score (nSPS) is 18.1. The molecule has 168 valence electrons. The van der Waals surface area contributed by atoms with Crippen LogP contribution in [0.4, 0.5) is 0 Å². The van der Waals surface area contributed by atoms with Gasteiger partial charge in [-0.15, -0.1) is 0 Å². The highest BCUT2D eigenvalue weighted by atomic mass is 16.5. The summed E-state index contributed by atoms with van der Waals surface area (Å²) in [6, 6.07) is 5.47. The second-order valence-corrected chi connectivity index (χ2v) is 8.01. The number of carbonyl (C=O) groups is 2. The number of pyridine rings is 1. The van der Waals surface area contributed by atoms with E-state index >= 15 is 0 Å². The Hall–Kier alpha value is -3.56. The second-order valence-electron chi connectivity index (χ2n) is 8.01. The van der Waals surface area contributed by atoms with Crippen LogP contribution in [0, 0.1) is 6.92 Å². The van der Waals surface area contributed by atoms with Gasteiger partial charge in [0.15, 0.2) is 0 Å². The summed E-state index contributed by atoms with van der Waals surface area (Å²) in [5, 5.41) is 11.3. The van der Waals surface area contributed by atoms with Crippen molar-refractivity contribution in [2.75, 3.05) is 19.6 Å². The predicted molar refractivity (Wildman–Crippen MR) is 116 cm³/mol. The van der Waals surface area contributed by atoms with Crippen molar-refractivity contribution in [3.8, 4) is 11.4 Å². The van der Waals surface area contributed by atoms with Crippen LogP contribution in [-0.2, 0) is 11.8 Å². The largest absolute Gasteiger partial charge is 0.356 e. The number of carbonyl (C=O) groups excluding carboxylic acids is 2. The van der Waals surface area contributed by atoms with Gasteiger partial charge in [0.25, 0.3) is 5.91 Å². The lowest BCUT2D eigenvalue weighted by atomic mass is 9.99. The highest BCUT2D eigenvalue weighted by Crippen LogP contribution is 2.26. The molecule has 3 aromatic rings. The van der Waals surface area contributed by atoms with Crippen LogP contribution in [0.2, 0.25) is 0 Å². The SMILES string of the molecule is Cc1cc(C(=O)N2CCCC(c3nc(-c4cccnc4)no3)CCNC(=O)CC2)n(C)n1. The molecule has 1 aliphatic heterocycles. The van der Waals surface area contributed by atoms with E-state index in [1.165, 1.54) is 0 Å². The predicted octanol–water partition coefficient (Wildman–Crippen LogP) is 2.09. The Morgan fingerprint density at radius 1 is 1.28 bits per heavy atom. The van der Waals surface area contributed by atoms with Gasteiger partial charge < -0.3 is 14.7 Å². The average molecular weight is 438 g/mol. The number of rotatable bonds is 3. The van der Waals surface area contributed by atoms with Gasteiger partial charge in [-0.25, -0.2) is 0 Å². The quantitative estimate of drug-likeness (QED) is 0.666. The maximum atomic E-state index is 13.1. The molecule has 0 aliphatic carbocycles. The molecule has 1 aliphatic rings. The third-order valence-corrected chi connectivity index (χ3v) is 5.62. The van der Waals surface area contributed by atoms with Crippen LogP contribution in [0.1, 0.15) is 53.7 Å². The molecule has 1 atom stereocenters. The number of hydrogen-bond donors (Lipinski definition) is 1. The van der Waals surface area contributed by atoms with Gasteiger partial charge in [-0.3, -0.25) is 19.3 Å². The molecule has 0 saturated carbocycles. The van der Waals surface area contributed by atoms with E-state index in [9.17, 15) is 9.59 Å². The molecule has 2 amide bonds. The summed E-state index contributed by atoms with van der Waals surface area (Å²) < 4.78 is 7.14. The number of aromatic nitrogens is 5. The Morgan fingerprint density at radius 3 is 2.91 bits per heavy atom. The monoisotopic (exact) mass is 437 g/mol. The Balaban J connectivity index is 1.49. The van der Waals surface area contributed by atoms with Crippen molar-refractivity contribution in [1.29, 1.82) is 0 Å². The molecule has 1 unspecified atom stereocenters. The van der Waals surface area contributed by atoms with Gasteiger partial charge in [0.2, 0.25) is 17.6 Å². The van der Waals surface area contributed by atoms with Crippen LogP contribution in [0.15, 0.2) is 35.1 Å². The Bertz CT molecular complexity index is 1080. The van der Waals surface area contributed by atoms with Gasteiger partial charge >= 0.3 is 0 Å². The zero-order valence-corrected chi connectivity index (χ0v) is 18.3. The van der Waals surface area contributed by atoms with Gasteiger partial charge in [0.1, 0.15) is 5.69 Å². The van der Waals surface area contributed by atoms with E-state index in [1.807, 2.05) is 19.1 Å². The minimum absolute atomic E-state index is 0.0118. The maximum absolute atomic E-state index is 13.1. The molecule has 32 heavy (non-hydrogen) atoms. The van der Waals surface area contributed by atoms with Gasteiger partial charge in [-0.05, 0) is 44.4 Å². The van der Waals surface area contributed by atoms with E-state index in [-0.39, 0.29) is 24.2 Å². The summed E-state index contributed by atoms with van der Waals surface area (Å²) >= 11 is 0. The second kappa shape index (κ2) is 9.71. The van der Waals surface area contributed by atoms with E-state index in [4.69, 9.17) is 4.52 Å². The van der Waals surface area contributed by atoms with Gasteiger partial charge in [0, 0.05) is 57.0 Å². The van der Waals surface area contributed by atoms with E-state index in [0.717, 1.165) is 24.1 Å².